The quantitative estimate of drug-likeness (QED) is 0.909. The first-order valence-electron chi connectivity index (χ1n) is 8.11. The third-order valence-corrected chi connectivity index (χ3v) is 4.36. The van der Waals surface area contributed by atoms with Crippen LogP contribution >= 0.6 is 11.6 Å². The summed E-state index contributed by atoms with van der Waals surface area (Å²) in [6.07, 6.45) is 3.52. The van der Waals surface area contributed by atoms with E-state index in [-0.39, 0.29) is 28.9 Å². The average Bonchev–Trinajstić information content (AvgIpc) is 2.64. The van der Waals surface area contributed by atoms with Gasteiger partial charge in [-0.15, -0.1) is 10.2 Å². The molecule has 6 nitrogen and oxygen atoms in total. The zero-order chi connectivity index (χ0) is 17.6. The highest BCUT2D eigenvalue weighted by Crippen LogP contribution is 2.24. The van der Waals surface area contributed by atoms with Crippen LogP contribution in [0.4, 0.5) is 0 Å². The normalized spacial score (nSPS) is 19.7. The predicted octanol–water partition coefficient (Wildman–Crippen LogP) is 3.12. The van der Waals surface area contributed by atoms with Crippen LogP contribution in [0.3, 0.4) is 0 Å². The number of hydrogen-bond donors (Lipinski definition) is 1. The Balaban J connectivity index is 1.47. The van der Waals surface area contributed by atoms with Gasteiger partial charge in [0, 0.05) is 6.04 Å². The Kier molecular flexibility index (Phi) is 5.46. The SMILES string of the molecule is N#Cc1ccc(OC2CCC(NC(=O)c3ccc(Cl)nn3)CC2)cc1. The third kappa shape index (κ3) is 4.68. The molecule has 1 aromatic heterocycles. The van der Waals surface area contributed by atoms with E-state index < -0.39 is 0 Å². The van der Waals surface area contributed by atoms with Crippen molar-refractivity contribution in [3.8, 4) is 11.8 Å². The lowest BCUT2D eigenvalue weighted by molar-refractivity contribution is 0.0888. The molecule has 1 aliphatic rings. The van der Waals surface area contributed by atoms with Crippen molar-refractivity contribution in [2.24, 2.45) is 0 Å². The molecule has 0 aliphatic heterocycles. The van der Waals surface area contributed by atoms with Crippen LogP contribution in [0.2, 0.25) is 5.15 Å². The molecule has 1 saturated carbocycles. The molecule has 1 amide bonds. The van der Waals surface area contributed by atoms with Gasteiger partial charge in [-0.05, 0) is 62.1 Å². The summed E-state index contributed by atoms with van der Waals surface area (Å²) in [5.41, 5.74) is 0.879. The highest BCUT2D eigenvalue weighted by atomic mass is 35.5. The van der Waals surface area contributed by atoms with Crippen LogP contribution in [-0.2, 0) is 0 Å². The molecule has 2 aromatic rings. The van der Waals surface area contributed by atoms with Gasteiger partial charge in [-0.25, -0.2) is 0 Å². The topological polar surface area (TPSA) is 87.9 Å². The van der Waals surface area contributed by atoms with Gasteiger partial charge in [-0.2, -0.15) is 5.26 Å². The zero-order valence-corrected chi connectivity index (χ0v) is 14.2. The molecule has 3 rings (SSSR count). The summed E-state index contributed by atoms with van der Waals surface area (Å²) in [6.45, 7) is 0. The van der Waals surface area contributed by atoms with E-state index in [2.05, 4.69) is 21.6 Å². The summed E-state index contributed by atoms with van der Waals surface area (Å²) >= 11 is 5.67. The minimum Gasteiger partial charge on any atom is -0.490 e. The lowest BCUT2D eigenvalue weighted by atomic mass is 9.93. The first-order chi connectivity index (χ1) is 12.1. The van der Waals surface area contributed by atoms with E-state index in [1.165, 1.54) is 0 Å². The number of hydrogen-bond acceptors (Lipinski definition) is 5. The second-order valence-corrected chi connectivity index (χ2v) is 6.33. The van der Waals surface area contributed by atoms with Crippen molar-refractivity contribution in [2.75, 3.05) is 0 Å². The van der Waals surface area contributed by atoms with Crippen LogP contribution in [0.1, 0.15) is 41.7 Å². The van der Waals surface area contributed by atoms with E-state index in [0.717, 1.165) is 31.4 Å². The monoisotopic (exact) mass is 356 g/mol. The van der Waals surface area contributed by atoms with E-state index in [0.29, 0.717) is 5.56 Å². The standard InChI is InChI=1S/C18H17ClN4O2/c19-17-10-9-16(22-23-17)18(24)21-13-3-7-15(8-4-13)25-14-5-1-12(11-20)2-6-14/h1-2,5-6,9-10,13,15H,3-4,7-8H2,(H,21,24). The van der Waals surface area contributed by atoms with Gasteiger partial charge >= 0.3 is 0 Å². The maximum atomic E-state index is 12.1. The van der Waals surface area contributed by atoms with Gasteiger partial charge in [0.25, 0.3) is 5.91 Å². The molecule has 1 aliphatic carbocycles. The number of nitrogens with one attached hydrogen (secondary N) is 1. The second kappa shape index (κ2) is 7.95. The number of amides is 1. The Labute approximate surface area is 150 Å². The molecule has 0 saturated heterocycles. The van der Waals surface area contributed by atoms with Gasteiger partial charge in [0.2, 0.25) is 0 Å². The molecular formula is C18H17ClN4O2. The lowest BCUT2D eigenvalue weighted by Crippen LogP contribution is -2.40. The third-order valence-electron chi connectivity index (χ3n) is 4.16. The van der Waals surface area contributed by atoms with E-state index in [1.54, 1.807) is 24.3 Å². The summed E-state index contributed by atoms with van der Waals surface area (Å²) < 4.78 is 5.95. The second-order valence-electron chi connectivity index (χ2n) is 5.94. The van der Waals surface area contributed by atoms with Crippen molar-refractivity contribution < 1.29 is 9.53 Å². The number of benzene rings is 1. The van der Waals surface area contributed by atoms with E-state index in [4.69, 9.17) is 21.6 Å². The van der Waals surface area contributed by atoms with E-state index >= 15 is 0 Å². The number of rotatable bonds is 4. The van der Waals surface area contributed by atoms with Crippen molar-refractivity contribution in [1.29, 1.82) is 5.26 Å². The van der Waals surface area contributed by atoms with Crippen LogP contribution in [0.5, 0.6) is 5.75 Å². The van der Waals surface area contributed by atoms with Crippen LogP contribution in [0.15, 0.2) is 36.4 Å². The fourth-order valence-electron chi connectivity index (χ4n) is 2.82. The van der Waals surface area contributed by atoms with E-state index in [9.17, 15) is 4.79 Å². The number of halogens is 1. The average molecular weight is 357 g/mol. The molecule has 7 heteroatoms. The number of nitrogens with zero attached hydrogens (tertiary/aromatic N) is 3. The summed E-state index contributed by atoms with van der Waals surface area (Å²) in [5, 5.41) is 19.5. The molecule has 1 heterocycles. The fourth-order valence-corrected chi connectivity index (χ4v) is 2.92. The smallest absolute Gasteiger partial charge is 0.272 e. The van der Waals surface area contributed by atoms with Crippen LogP contribution in [-0.4, -0.2) is 28.3 Å². The molecule has 1 aromatic carbocycles. The molecule has 0 radical (unpaired) electrons. The summed E-state index contributed by atoms with van der Waals surface area (Å²) in [7, 11) is 0. The van der Waals surface area contributed by atoms with Gasteiger partial charge in [-0.3, -0.25) is 4.79 Å². The van der Waals surface area contributed by atoms with Crippen molar-refractivity contribution in [3.05, 3.63) is 52.8 Å². The zero-order valence-electron chi connectivity index (χ0n) is 13.5. The Morgan fingerprint density at radius 1 is 1.12 bits per heavy atom. The number of ether oxygens (including phenoxy) is 1. The number of carbonyl (C=O) groups excluding carboxylic acids is 1. The van der Waals surface area contributed by atoms with Gasteiger partial charge in [-0.1, -0.05) is 11.6 Å². The van der Waals surface area contributed by atoms with E-state index in [1.807, 2.05) is 12.1 Å². The molecule has 0 atom stereocenters. The van der Waals surface area contributed by atoms with Crippen LogP contribution in [0, 0.1) is 11.3 Å². The Morgan fingerprint density at radius 2 is 1.84 bits per heavy atom. The van der Waals surface area contributed by atoms with Crippen LogP contribution in [0.25, 0.3) is 0 Å². The Bertz CT molecular complexity index is 763. The maximum Gasteiger partial charge on any atom is 0.272 e. The first kappa shape index (κ1) is 17.2. The molecule has 1 N–H and O–H groups in total. The Morgan fingerprint density at radius 3 is 2.44 bits per heavy atom. The van der Waals surface area contributed by atoms with Gasteiger partial charge in [0.05, 0.1) is 17.7 Å². The lowest BCUT2D eigenvalue weighted by Gasteiger charge is -2.29. The summed E-state index contributed by atoms with van der Waals surface area (Å²) in [4.78, 5) is 12.1. The molecule has 25 heavy (non-hydrogen) atoms. The summed E-state index contributed by atoms with van der Waals surface area (Å²) in [5.74, 6) is 0.531. The largest absolute Gasteiger partial charge is 0.490 e. The fraction of sp³-hybridized carbons (Fsp3) is 0.333. The van der Waals surface area contributed by atoms with Gasteiger partial charge in [0.15, 0.2) is 10.8 Å². The van der Waals surface area contributed by atoms with Crippen molar-refractivity contribution in [1.82, 2.24) is 15.5 Å². The number of aromatic nitrogens is 2. The predicted molar refractivity (Wildman–Crippen MR) is 92.3 cm³/mol. The Hall–Kier alpha value is -2.65. The molecule has 0 unspecified atom stereocenters. The highest BCUT2D eigenvalue weighted by Gasteiger charge is 2.24. The summed E-state index contributed by atoms with van der Waals surface area (Å²) in [6, 6.07) is 12.4. The van der Waals surface area contributed by atoms with Crippen molar-refractivity contribution in [2.45, 2.75) is 37.8 Å². The molecule has 0 spiro atoms. The van der Waals surface area contributed by atoms with Crippen molar-refractivity contribution in [3.63, 3.8) is 0 Å². The van der Waals surface area contributed by atoms with Gasteiger partial charge < -0.3 is 10.1 Å². The minimum absolute atomic E-state index is 0.103. The van der Waals surface area contributed by atoms with Crippen LogP contribution < -0.4 is 10.1 Å². The molecule has 1 fully saturated rings. The molecule has 128 valence electrons. The number of nitriles is 1. The first-order valence-corrected chi connectivity index (χ1v) is 8.49. The maximum absolute atomic E-state index is 12.1. The minimum atomic E-state index is -0.236. The van der Waals surface area contributed by atoms with Gasteiger partial charge in [0.1, 0.15) is 5.75 Å². The molecular weight excluding hydrogens is 340 g/mol. The molecule has 0 bridgehead atoms. The van der Waals surface area contributed by atoms with Crippen molar-refractivity contribution >= 4 is 17.5 Å². The highest BCUT2D eigenvalue weighted by molar-refractivity contribution is 6.29. The number of carbonyl (C=O) groups is 1.